The molecule has 0 unspecified atom stereocenters. The van der Waals surface area contributed by atoms with Crippen molar-refractivity contribution < 1.29 is 18.7 Å². The van der Waals surface area contributed by atoms with E-state index in [-0.39, 0.29) is 12.6 Å². The van der Waals surface area contributed by atoms with Crippen molar-refractivity contribution >= 4 is 23.5 Å². The van der Waals surface area contributed by atoms with Crippen LogP contribution in [0.2, 0.25) is 0 Å². The van der Waals surface area contributed by atoms with Crippen LogP contribution in [0.1, 0.15) is 57.9 Å². The molecule has 0 bridgehead atoms. The molecule has 2 aromatic rings. The lowest BCUT2D eigenvalue weighted by Gasteiger charge is -2.39. The van der Waals surface area contributed by atoms with Gasteiger partial charge in [-0.15, -0.1) is 0 Å². The van der Waals surface area contributed by atoms with E-state index in [1.54, 1.807) is 11.1 Å². The number of halogens is 2. The minimum atomic E-state index is -1.16. The van der Waals surface area contributed by atoms with Gasteiger partial charge in [0.05, 0.1) is 6.54 Å². The molecule has 10 heteroatoms. The normalized spacial score (nSPS) is 16.3. The second-order valence-corrected chi connectivity index (χ2v) is 9.11. The molecule has 1 aliphatic heterocycles. The van der Waals surface area contributed by atoms with Crippen LogP contribution >= 0.6 is 0 Å². The van der Waals surface area contributed by atoms with Crippen LogP contribution in [0.3, 0.4) is 0 Å². The Morgan fingerprint density at radius 2 is 1.91 bits per heavy atom. The van der Waals surface area contributed by atoms with Crippen LogP contribution in [0, 0.1) is 11.6 Å². The second kappa shape index (κ2) is 11.2. The molecule has 1 fully saturated rings. The third kappa shape index (κ3) is 5.32. The number of carbonyl (C=O) groups is 1. The van der Waals surface area contributed by atoms with Gasteiger partial charge in [0.1, 0.15) is 17.3 Å². The summed E-state index contributed by atoms with van der Waals surface area (Å²) in [6.07, 6.45) is 7.17. The Hall–Kier alpha value is -3.01. The summed E-state index contributed by atoms with van der Waals surface area (Å²) in [7, 11) is 0. The SMILES string of the molecule is CCN(CC)CCCCNc1ncc2c(n1)N(C1CCCC1)C(=O)N(c1c(F)ccc(O)c1F)C2. The predicted octanol–water partition coefficient (Wildman–Crippen LogP) is 4.88. The molecule has 190 valence electrons. The number of amides is 2. The molecule has 2 heterocycles. The van der Waals surface area contributed by atoms with Gasteiger partial charge in [-0.25, -0.2) is 18.6 Å². The third-order valence-electron chi connectivity index (χ3n) is 6.92. The van der Waals surface area contributed by atoms with Crippen LogP contribution in [0.25, 0.3) is 0 Å². The zero-order valence-corrected chi connectivity index (χ0v) is 20.4. The van der Waals surface area contributed by atoms with E-state index in [0.29, 0.717) is 23.9 Å². The van der Waals surface area contributed by atoms with E-state index in [1.807, 2.05) is 0 Å². The van der Waals surface area contributed by atoms with Crippen molar-refractivity contribution in [3.8, 4) is 5.75 Å². The van der Waals surface area contributed by atoms with Gasteiger partial charge in [0, 0.05) is 24.3 Å². The highest BCUT2D eigenvalue weighted by Crippen LogP contribution is 2.39. The zero-order chi connectivity index (χ0) is 24.9. The summed E-state index contributed by atoms with van der Waals surface area (Å²) in [5.74, 6) is -1.85. The number of hydrogen-bond donors (Lipinski definition) is 2. The van der Waals surface area contributed by atoms with Gasteiger partial charge < -0.3 is 15.3 Å². The third-order valence-corrected chi connectivity index (χ3v) is 6.92. The highest BCUT2D eigenvalue weighted by molar-refractivity contribution is 6.06. The molecular formula is C25H34F2N6O2. The number of nitrogens with zero attached hydrogens (tertiary/aromatic N) is 5. The monoisotopic (exact) mass is 488 g/mol. The number of phenolic OH excluding ortho intramolecular Hbond substituents is 1. The molecule has 1 saturated carbocycles. The van der Waals surface area contributed by atoms with Gasteiger partial charge in [0.25, 0.3) is 0 Å². The summed E-state index contributed by atoms with van der Waals surface area (Å²) in [5.41, 5.74) is 0.0461. The minimum Gasteiger partial charge on any atom is -0.505 e. The number of unbranched alkanes of at least 4 members (excludes halogenated alkanes) is 1. The van der Waals surface area contributed by atoms with Gasteiger partial charge in [-0.2, -0.15) is 4.98 Å². The van der Waals surface area contributed by atoms with Crippen molar-refractivity contribution in [2.75, 3.05) is 41.3 Å². The summed E-state index contributed by atoms with van der Waals surface area (Å²) in [5, 5.41) is 13.1. The Balaban J connectivity index is 1.55. The van der Waals surface area contributed by atoms with E-state index in [9.17, 15) is 18.7 Å². The fourth-order valence-corrected chi connectivity index (χ4v) is 4.91. The molecule has 0 radical (unpaired) electrons. The molecule has 0 spiro atoms. The highest BCUT2D eigenvalue weighted by atomic mass is 19.1. The van der Waals surface area contributed by atoms with E-state index < -0.39 is 29.1 Å². The fourth-order valence-electron chi connectivity index (χ4n) is 4.91. The Kier molecular flexibility index (Phi) is 8.00. The van der Waals surface area contributed by atoms with Gasteiger partial charge in [-0.3, -0.25) is 9.80 Å². The predicted molar refractivity (Wildman–Crippen MR) is 132 cm³/mol. The summed E-state index contributed by atoms with van der Waals surface area (Å²) in [4.78, 5) is 27.6. The molecule has 8 nitrogen and oxygen atoms in total. The summed E-state index contributed by atoms with van der Waals surface area (Å²) >= 11 is 0. The Labute approximate surface area is 205 Å². The number of carbonyl (C=O) groups excluding carboxylic acids is 1. The van der Waals surface area contributed by atoms with E-state index in [1.165, 1.54) is 0 Å². The standard InChI is InChI=1S/C25H34F2N6O2/c1-3-31(4-2)14-8-7-13-28-24-29-15-17-16-32(22-19(26)11-12-20(34)21(22)27)25(35)33(23(17)30-24)18-9-5-6-10-18/h11-12,15,18,34H,3-10,13-14,16H2,1-2H3,(H,28,29,30). The number of anilines is 3. The molecular weight excluding hydrogens is 454 g/mol. The van der Waals surface area contributed by atoms with E-state index >= 15 is 0 Å². The number of nitrogens with one attached hydrogen (secondary N) is 1. The zero-order valence-electron chi connectivity index (χ0n) is 20.4. The van der Waals surface area contributed by atoms with Crippen molar-refractivity contribution in [1.29, 1.82) is 0 Å². The number of benzene rings is 1. The molecule has 2 aliphatic rings. The maximum absolute atomic E-state index is 14.7. The van der Waals surface area contributed by atoms with Gasteiger partial charge in [-0.05, 0) is 57.5 Å². The average molecular weight is 489 g/mol. The lowest BCUT2D eigenvalue weighted by atomic mass is 10.1. The van der Waals surface area contributed by atoms with E-state index in [4.69, 9.17) is 0 Å². The second-order valence-electron chi connectivity index (χ2n) is 9.11. The summed E-state index contributed by atoms with van der Waals surface area (Å²) < 4.78 is 29.3. The first-order valence-corrected chi connectivity index (χ1v) is 12.5. The van der Waals surface area contributed by atoms with Gasteiger partial charge in [0.2, 0.25) is 5.95 Å². The van der Waals surface area contributed by atoms with E-state index in [0.717, 1.165) is 75.2 Å². The number of phenols is 1. The maximum atomic E-state index is 14.7. The number of hydrogen-bond acceptors (Lipinski definition) is 6. The number of rotatable bonds is 10. The van der Waals surface area contributed by atoms with Crippen LogP contribution in [-0.2, 0) is 6.54 Å². The van der Waals surface area contributed by atoms with Crippen molar-refractivity contribution in [2.45, 2.75) is 65.0 Å². The number of aromatic nitrogens is 2. The summed E-state index contributed by atoms with van der Waals surface area (Å²) in [6, 6.07) is 1.25. The molecule has 35 heavy (non-hydrogen) atoms. The van der Waals surface area contributed by atoms with Crippen LogP contribution in [0.4, 0.5) is 31.0 Å². The number of fused-ring (bicyclic) bond motifs is 1. The Morgan fingerprint density at radius 1 is 1.17 bits per heavy atom. The molecule has 1 aromatic heterocycles. The largest absolute Gasteiger partial charge is 0.505 e. The first kappa shape index (κ1) is 25.1. The Morgan fingerprint density at radius 3 is 2.63 bits per heavy atom. The molecule has 0 saturated heterocycles. The summed E-state index contributed by atoms with van der Waals surface area (Å²) in [6.45, 7) is 8.06. The number of urea groups is 1. The van der Waals surface area contributed by atoms with Crippen LogP contribution < -0.4 is 15.1 Å². The van der Waals surface area contributed by atoms with Crippen molar-refractivity contribution in [2.24, 2.45) is 0 Å². The lowest BCUT2D eigenvalue weighted by Crippen LogP contribution is -2.52. The van der Waals surface area contributed by atoms with Crippen molar-refractivity contribution in [1.82, 2.24) is 14.9 Å². The van der Waals surface area contributed by atoms with E-state index in [2.05, 4.69) is 34.0 Å². The maximum Gasteiger partial charge on any atom is 0.330 e. The molecule has 1 aromatic carbocycles. The Bertz CT molecular complexity index is 1040. The van der Waals surface area contributed by atoms with Crippen molar-refractivity contribution in [3.63, 3.8) is 0 Å². The van der Waals surface area contributed by atoms with Crippen LogP contribution in [0.15, 0.2) is 18.3 Å². The smallest absolute Gasteiger partial charge is 0.330 e. The fraction of sp³-hybridized carbons (Fsp3) is 0.560. The first-order chi connectivity index (χ1) is 16.9. The van der Waals surface area contributed by atoms with Crippen molar-refractivity contribution in [3.05, 3.63) is 35.5 Å². The average Bonchev–Trinajstić information content (AvgIpc) is 3.39. The topological polar surface area (TPSA) is 84.8 Å². The van der Waals surface area contributed by atoms with Gasteiger partial charge >= 0.3 is 6.03 Å². The van der Waals surface area contributed by atoms with Crippen LogP contribution in [-0.4, -0.2) is 58.2 Å². The molecule has 2 amide bonds. The first-order valence-electron chi connectivity index (χ1n) is 12.5. The number of aromatic hydroxyl groups is 1. The highest BCUT2D eigenvalue weighted by Gasteiger charge is 2.40. The quantitative estimate of drug-likeness (QED) is 0.464. The molecule has 2 N–H and O–H groups in total. The van der Waals surface area contributed by atoms with Gasteiger partial charge in [-0.1, -0.05) is 26.7 Å². The molecule has 4 rings (SSSR count). The molecule has 0 atom stereocenters. The van der Waals surface area contributed by atoms with Gasteiger partial charge in [0.15, 0.2) is 11.6 Å². The van der Waals surface area contributed by atoms with Crippen LogP contribution in [0.5, 0.6) is 5.75 Å². The minimum absolute atomic E-state index is 0.0845. The molecule has 1 aliphatic carbocycles. The lowest BCUT2D eigenvalue weighted by molar-refractivity contribution is 0.247.